The van der Waals surface area contributed by atoms with Crippen molar-refractivity contribution in [1.29, 1.82) is 0 Å². The van der Waals surface area contributed by atoms with Crippen LogP contribution in [0.2, 0.25) is 5.02 Å². The highest BCUT2D eigenvalue weighted by atomic mass is 35.5. The largest absolute Gasteiger partial charge is 0.326 e. The average Bonchev–Trinajstić information content (AvgIpc) is 2.47. The summed E-state index contributed by atoms with van der Waals surface area (Å²) in [6, 6.07) is 15.5. The number of hydrogen-bond acceptors (Lipinski definition) is 1. The van der Waals surface area contributed by atoms with Gasteiger partial charge in [-0.25, -0.2) is 0 Å². The van der Waals surface area contributed by atoms with E-state index in [1.54, 1.807) is 0 Å². The molecular weight excluding hydrogens is 270 g/mol. The highest BCUT2D eigenvalue weighted by molar-refractivity contribution is 6.30. The second-order valence-corrected chi connectivity index (χ2v) is 5.12. The van der Waals surface area contributed by atoms with Crippen molar-refractivity contribution in [1.82, 2.24) is 0 Å². The van der Waals surface area contributed by atoms with Gasteiger partial charge in [0.15, 0.2) is 0 Å². The summed E-state index contributed by atoms with van der Waals surface area (Å²) in [5.41, 5.74) is 3.19. The van der Waals surface area contributed by atoms with Crippen LogP contribution in [0.3, 0.4) is 0 Å². The number of aryl methyl sites for hydroxylation is 2. The maximum Gasteiger partial charge on any atom is 0.224 e. The molecule has 1 N–H and O–H groups in total. The van der Waals surface area contributed by atoms with Gasteiger partial charge in [0.1, 0.15) is 0 Å². The fraction of sp³-hybridized carbons (Fsp3) is 0.235. The SMILES string of the molecule is CCc1ccccc1NC(=O)CCc1ccc(Cl)cc1. The van der Waals surface area contributed by atoms with Crippen molar-refractivity contribution in [3.8, 4) is 0 Å². The first-order chi connectivity index (χ1) is 9.69. The lowest BCUT2D eigenvalue weighted by Gasteiger charge is -2.09. The van der Waals surface area contributed by atoms with Crippen LogP contribution in [0.25, 0.3) is 0 Å². The third-order valence-corrected chi connectivity index (χ3v) is 3.48. The number of nitrogens with one attached hydrogen (secondary N) is 1. The Hall–Kier alpha value is -1.80. The second-order valence-electron chi connectivity index (χ2n) is 4.69. The molecule has 0 atom stereocenters. The van der Waals surface area contributed by atoms with Gasteiger partial charge >= 0.3 is 0 Å². The van der Waals surface area contributed by atoms with Crippen LogP contribution in [0.5, 0.6) is 0 Å². The summed E-state index contributed by atoms with van der Waals surface area (Å²) in [6.45, 7) is 2.08. The normalized spacial score (nSPS) is 10.3. The number of hydrogen-bond donors (Lipinski definition) is 1. The predicted octanol–water partition coefficient (Wildman–Crippen LogP) is 4.47. The zero-order valence-corrected chi connectivity index (χ0v) is 12.3. The topological polar surface area (TPSA) is 29.1 Å². The number of halogens is 1. The summed E-state index contributed by atoms with van der Waals surface area (Å²) in [5, 5.41) is 3.70. The first kappa shape index (κ1) is 14.6. The molecule has 2 nitrogen and oxygen atoms in total. The molecule has 0 aliphatic heterocycles. The predicted molar refractivity (Wildman–Crippen MR) is 84.2 cm³/mol. The first-order valence-corrected chi connectivity index (χ1v) is 7.19. The van der Waals surface area contributed by atoms with Crippen LogP contribution in [-0.2, 0) is 17.6 Å². The van der Waals surface area contributed by atoms with Gasteiger partial charge < -0.3 is 5.32 Å². The molecule has 0 bridgehead atoms. The smallest absolute Gasteiger partial charge is 0.224 e. The maximum absolute atomic E-state index is 12.0. The van der Waals surface area contributed by atoms with E-state index in [1.165, 1.54) is 0 Å². The number of benzene rings is 2. The number of carbonyl (C=O) groups excluding carboxylic acids is 1. The lowest BCUT2D eigenvalue weighted by atomic mass is 10.1. The highest BCUT2D eigenvalue weighted by Crippen LogP contribution is 2.16. The fourth-order valence-corrected chi connectivity index (χ4v) is 2.20. The number of para-hydroxylation sites is 1. The van der Waals surface area contributed by atoms with Crippen LogP contribution in [0, 0.1) is 0 Å². The Morgan fingerprint density at radius 2 is 1.80 bits per heavy atom. The van der Waals surface area contributed by atoms with E-state index in [9.17, 15) is 4.79 Å². The molecule has 0 aliphatic carbocycles. The molecule has 0 spiro atoms. The van der Waals surface area contributed by atoms with Crippen molar-refractivity contribution in [2.45, 2.75) is 26.2 Å². The molecule has 0 unspecified atom stereocenters. The van der Waals surface area contributed by atoms with Gasteiger partial charge in [-0.2, -0.15) is 0 Å². The number of amides is 1. The van der Waals surface area contributed by atoms with E-state index in [0.29, 0.717) is 6.42 Å². The Morgan fingerprint density at radius 1 is 1.10 bits per heavy atom. The molecule has 20 heavy (non-hydrogen) atoms. The Morgan fingerprint density at radius 3 is 2.50 bits per heavy atom. The quantitative estimate of drug-likeness (QED) is 0.863. The van der Waals surface area contributed by atoms with Crippen LogP contribution < -0.4 is 5.32 Å². The van der Waals surface area contributed by atoms with Crippen LogP contribution in [0.4, 0.5) is 5.69 Å². The third kappa shape index (κ3) is 4.10. The molecule has 0 saturated heterocycles. The Labute approximate surface area is 124 Å². The first-order valence-electron chi connectivity index (χ1n) is 6.81. The lowest BCUT2D eigenvalue weighted by Crippen LogP contribution is -2.13. The molecule has 0 fully saturated rings. The van der Waals surface area contributed by atoms with Gasteiger partial charge in [-0.15, -0.1) is 0 Å². The second kappa shape index (κ2) is 7.11. The van der Waals surface area contributed by atoms with Gasteiger partial charge in [-0.3, -0.25) is 4.79 Å². The van der Waals surface area contributed by atoms with Crippen molar-refractivity contribution in [3.63, 3.8) is 0 Å². The van der Waals surface area contributed by atoms with Crippen LogP contribution in [0.1, 0.15) is 24.5 Å². The van der Waals surface area contributed by atoms with Gasteiger partial charge in [0.05, 0.1) is 0 Å². The lowest BCUT2D eigenvalue weighted by molar-refractivity contribution is -0.116. The number of carbonyl (C=O) groups is 1. The Kier molecular flexibility index (Phi) is 5.19. The minimum absolute atomic E-state index is 0.0425. The molecule has 0 aliphatic rings. The van der Waals surface area contributed by atoms with Crippen LogP contribution in [0.15, 0.2) is 48.5 Å². The van der Waals surface area contributed by atoms with Gasteiger partial charge in [-0.1, -0.05) is 48.9 Å². The standard InChI is InChI=1S/C17H18ClNO/c1-2-14-5-3-4-6-16(14)19-17(20)12-9-13-7-10-15(18)11-8-13/h3-8,10-11H,2,9,12H2,1H3,(H,19,20). The molecule has 3 heteroatoms. The zero-order valence-electron chi connectivity index (χ0n) is 11.5. The summed E-state index contributed by atoms with van der Waals surface area (Å²) < 4.78 is 0. The molecule has 2 rings (SSSR count). The van der Waals surface area contributed by atoms with Crippen LogP contribution in [-0.4, -0.2) is 5.91 Å². The summed E-state index contributed by atoms with van der Waals surface area (Å²) in [6.07, 6.45) is 2.10. The number of rotatable bonds is 5. The Balaban J connectivity index is 1.91. The summed E-state index contributed by atoms with van der Waals surface area (Å²) >= 11 is 5.84. The zero-order chi connectivity index (χ0) is 14.4. The Bertz CT molecular complexity index is 578. The van der Waals surface area contributed by atoms with Gasteiger partial charge in [0.25, 0.3) is 0 Å². The van der Waals surface area contributed by atoms with E-state index in [-0.39, 0.29) is 5.91 Å². The summed E-state index contributed by atoms with van der Waals surface area (Å²) in [4.78, 5) is 12.0. The molecular formula is C17H18ClNO. The van der Waals surface area contributed by atoms with Crippen LogP contribution >= 0.6 is 11.6 Å². The van der Waals surface area contributed by atoms with E-state index in [4.69, 9.17) is 11.6 Å². The minimum atomic E-state index is 0.0425. The summed E-state index contributed by atoms with van der Waals surface area (Å²) in [5.74, 6) is 0.0425. The van der Waals surface area contributed by atoms with Gasteiger partial charge in [-0.05, 0) is 42.2 Å². The van der Waals surface area contributed by atoms with E-state index in [0.717, 1.165) is 34.7 Å². The monoisotopic (exact) mass is 287 g/mol. The molecule has 0 aromatic heterocycles. The highest BCUT2D eigenvalue weighted by Gasteiger charge is 2.06. The molecule has 0 saturated carbocycles. The van der Waals surface area contributed by atoms with E-state index in [2.05, 4.69) is 12.2 Å². The molecule has 104 valence electrons. The minimum Gasteiger partial charge on any atom is -0.326 e. The molecule has 0 heterocycles. The molecule has 2 aromatic rings. The fourth-order valence-electron chi connectivity index (χ4n) is 2.07. The third-order valence-electron chi connectivity index (χ3n) is 3.23. The van der Waals surface area contributed by atoms with Gasteiger partial charge in [0.2, 0.25) is 5.91 Å². The number of anilines is 1. The van der Waals surface area contributed by atoms with Crippen molar-refractivity contribution in [2.75, 3.05) is 5.32 Å². The van der Waals surface area contributed by atoms with Crippen molar-refractivity contribution >= 4 is 23.2 Å². The van der Waals surface area contributed by atoms with E-state index < -0.39 is 0 Å². The van der Waals surface area contributed by atoms with Crippen molar-refractivity contribution in [3.05, 3.63) is 64.7 Å². The van der Waals surface area contributed by atoms with E-state index >= 15 is 0 Å². The summed E-state index contributed by atoms with van der Waals surface area (Å²) in [7, 11) is 0. The van der Waals surface area contributed by atoms with Crippen molar-refractivity contribution < 1.29 is 4.79 Å². The molecule has 0 radical (unpaired) electrons. The average molecular weight is 288 g/mol. The molecule has 2 aromatic carbocycles. The van der Waals surface area contributed by atoms with Gasteiger partial charge in [0, 0.05) is 17.1 Å². The van der Waals surface area contributed by atoms with Crippen molar-refractivity contribution in [2.24, 2.45) is 0 Å². The maximum atomic E-state index is 12.0. The molecule has 1 amide bonds. The van der Waals surface area contributed by atoms with E-state index in [1.807, 2.05) is 48.5 Å².